The van der Waals surface area contributed by atoms with Crippen LogP contribution in [0.5, 0.6) is 0 Å². The van der Waals surface area contributed by atoms with Gasteiger partial charge in [0, 0.05) is 19.7 Å². The summed E-state index contributed by atoms with van der Waals surface area (Å²) < 4.78 is 39.0. The summed E-state index contributed by atoms with van der Waals surface area (Å²) in [5.41, 5.74) is -0.0922. The van der Waals surface area contributed by atoms with Crippen molar-refractivity contribution in [2.45, 2.75) is 38.3 Å². The van der Waals surface area contributed by atoms with E-state index in [0.29, 0.717) is 17.9 Å². The molecule has 0 bridgehead atoms. The molecule has 5 heteroatoms. The Labute approximate surface area is 129 Å². The van der Waals surface area contributed by atoms with E-state index in [9.17, 15) is 13.2 Å². The highest BCUT2D eigenvalue weighted by atomic mass is 19.4. The van der Waals surface area contributed by atoms with Crippen molar-refractivity contribution < 1.29 is 18.3 Å². The Hall–Kier alpha value is -1.07. The van der Waals surface area contributed by atoms with E-state index in [-0.39, 0.29) is 6.61 Å². The molecule has 0 radical (unpaired) electrons. The fraction of sp³-hybridized carbons (Fsp3) is 0.647. The van der Waals surface area contributed by atoms with Gasteiger partial charge in [-0.3, -0.25) is 0 Å². The Bertz CT molecular complexity index is 461. The third kappa shape index (κ3) is 4.99. The quantitative estimate of drug-likeness (QED) is 0.864. The molecule has 1 aromatic rings. The zero-order valence-electron chi connectivity index (χ0n) is 12.8. The zero-order valence-corrected chi connectivity index (χ0v) is 12.8. The van der Waals surface area contributed by atoms with Crippen molar-refractivity contribution in [1.82, 2.24) is 4.90 Å². The van der Waals surface area contributed by atoms with Gasteiger partial charge in [0.25, 0.3) is 0 Å². The van der Waals surface area contributed by atoms with Crippen molar-refractivity contribution >= 4 is 0 Å². The van der Waals surface area contributed by atoms with Crippen LogP contribution in [0.4, 0.5) is 13.2 Å². The van der Waals surface area contributed by atoms with Crippen LogP contribution in [0.1, 0.15) is 36.8 Å². The molecular weight excluding hydrogens is 291 g/mol. The summed E-state index contributed by atoms with van der Waals surface area (Å²) >= 11 is 0. The van der Waals surface area contributed by atoms with E-state index < -0.39 is 11.7 Å². The molecule has 0 unspecified atom stereocenters. The molecule has 1 N–H and O–H groups in total. The second-order valence-corrected chi connectivity index (χ2v) is 6.08. The predicted molar refractivity (Wildman–Crippen MR) is 80.6 cm³/mol. The lowest BCUT2D eigenvalue weighted by Crippen LogP contribution is -2.36. The monoisotopic (exact) mass is 315 g/mol. The first-order valence-corrected chi connectivity index (χ1v) is 7.99. The van der Waals surface area contributed by atoms with Gasteiger partial charge in [0.05, 0.1) is 5.56 Å². The molecular formula is C17H24F3NO. The molecule has 1 atom stereocenters. The Kier molecular flexibility index (Phi) is 6.26. The lowest BCUT2D eigenvalue weighted by Gasteiger charge is -2.32. The summed E-state index contributed by atoms with van der Waals surface area (Å²) in [6.45, 7) is 3.05. The van der Waals surface area contributed by atoms with Crippen LogP contribution in [0.15, 0.2) is 24.3 Å². The minimum absolute atomic E-state index is 0.195. The number of rotatable bonds is 6. The van der Waals surface area contributed by atoms with Crippen molar-refractivity contribution in [2.24, 2.45) is 5.92 Å². The molecule has 1 heterocycles. The largest absolute Gasteiger partial charge is 0.416 e. The molecule has 1 fully saturated rings. The minimum atomic E-state index is -4.27. The first-order chi connectivity index (χ1) is 10.5. The number of hydrogen-bond acceptors (Lipinski definition) is 2. The lowest BCUT2D eigenvalue weighted by atomic mass is 9.90. The number of nitrogens with zero attached hydrogens (tertiary/aromatic N) is 1. The maximum Gasteiger partial charge on any atom is 0.416 e. The Morgan fingerprint density at radius 2 is 2.00 bits per heavy atom. The third-order valence-corrected chi connectivity index (χ3v) is 4.38. The van der Waals surface area contributed by atoms with Crippen molar-refractivity contribution in [2.75, 3.05) is 26.2 Å². The summed E-state index contributed by atoms with van der Waals surface area (Å²) in [6.07, 6.45) is -0.0440. The summed E-state index contributed by atoms with van der Waals surface area (Å²) in [4.78, 5) is 2.32. The number of benzene rings is 1. The fourth-order valence-corrected chi connectivity index (χ4v) is 3.26. The van der Waals surface area contributed by atoms with Gasteiger partial charge in [-0.05, 0) is 56.2 Å². The summed E-state index contributed by atoms with van der Waals surface area (Å²) in [5, 5.41) is 8.89. The number of alkyl halides is 3. The molecule has 1 aliphatic rings. The highest BCUT2D eigenvalue weighted by Crippen LogP contribution is 2.33. The van der Waals surface area contributed by atoms with E-state index >= 15 is 0 Å². The van der Waals surface area contributed by atoms with Gasteiger partial charge in [0.1, 0.15) is 0 Å². The molecule has 1 aliphatic heterocycles. The second kappa shape index (κ2) is 7.97. The van der Waals surface area contributed by atoms with E-state index in [4.69, 9.17) is 5.11 Å². The van der Waals surface area contributed by atoms with E-state index in [1.165, 1.54) is 12.1 Å². The van der Waals surface area contributed by atoms with E-state index in [1.807, 2.05) is 0 Å². The van der Waals surface area contributed by atoms with Crippen LogP contribution in [0, 0.1) is 5.92 Å². The topological polar surface area (TPSA) is 23.5 Å². The molecule has 0 aromatic heterocycles. The van der Waals surface area contributed by atoms with Crippen LogP contribution in [0.2, 0.25) is 0 Å². The summed E-state index contributed by atoms with van der Waals surface area (Å²) in [6, 6.07) is 5.89. The van der Waals surface area contributed by atoms with E-state index in [1.54, 1.807) is 12.1 Å². The number of aliphatic hydroxyl groups excluding tert-OH is 1. The van der Waals surface area contributed by atoms with Crippen molar-refractivity contribution in [1.29, 1.82) is 0 Å². The van der Waals surface area contributed by atoms with E-state index in [2.05, 4.69) is 4.90 Å². The number of aryl methyl sites for hydroxylation is 1. The summed E-state index contributed by atoms with van der Waals surface area (Å²) in [5.74, 6) is 0.453. The molecule has 2 nitrogen and oxygen atoms in total. The molecule has 0 spiro atoms. The first kappa shape index (κ1) is 17.3. The van der Waals surface area contributed by atoms with Crippen LogP contribution in [-0.2, 0) is 12.6 Å². The van der Waals surface area contributed by atoms with Gasteiger partial charge in [0.2, 0.25) is 0 Å². The highest BCUT2D eigenvalue weighted by molar-refractivity contribution is 5.29. The van der Waals surface area contributed by atoms with Crippen LogP contribution in [0.25, 0.3) is 0 Å². The van der Waals surface area contributed by atoms with Crippen molar-refractivity contribution in [3.8, 4) is 0 Å². The predicted octanol–water partition coefficient (Wildman–Crippen LogP) is 3.73. The van der Waals surface area contributed by atoms with Crippen LogP contribution >= 0.6 is 0 Å². The van der Waals surface area contributed by atoms with Gasteiger partial charge in [-0.1, -0.05) is 18.2 Å². The van der Waals surface area contributed by atoms with Crippen LogP contribution < -0.4 is 0 Å². The molecule has 124 valence electrons. The minimum Gasteiger partial charge on any atom is -0.396 e. The number of hydrogen-bond donors (Lipinski definition) is 1. The van der Waals surface area contributed by atoms with Gasteiger partial charge >= 0.3 is 6.18 Å². The van der Waals surface area contributed by atoms with Gasteiger partial charge < -0.3 is 10.0 Å². The van der Waals surface area contributed by atoms with Gasteiger partial charge in [-0.15, -0.1) is 0 Å². The molecule has 1 aromatic carbocycles. The lowest BCUT2D eigenvalue weighted by molar-refractivity contribution is -0.138. The molecule has 22 heavy (non-hydrogen) atoms. The molecule has 0 saturated carbocycles. The van der Waals surface area contributed by atoms with Crippen LogP contribution in [-0.4, -0.2) is 36.2 Å². The SMILES string of the molecule is OCCCN1CCC[C@H](CCc2ccccc2C(F)(F)F)C1. The second-order valence-electron chi connectivity index (χ2n) is 6.08. The number of piperidine rings is 1. The molecule has 1 saturated heterocycles. The fourth-order valence-electron chi connectivity index (χ4n) is 3.26. The maximum atomic E-state index is 13.0. The number of likely N-dealkylation sites (tertiary alicyclic amines) is 1. The zero-order chi connectivity index (χ0) is 16.0. The average molecular weight is 315 g/mol. The number of halogens is 3. The number of aliphatic hydroxyl groups is 1. The molecule has 2 rings (SSSR count). The van der Waals surface area contributed by atoms with Crippen molar-refractivity contribution in [3.05, 3.63) is 35.4 Å². The van der Waals surface area contributed by atoms with E-state index in [0.717, 1.165) is 45.3 Å². The summed E-state index contributed by atoms with van der Waals surface area (Å²) in [7, 11) is 0. The smallest absolute Gasteiger partial charge is 0.396 e. The maximum absolute atomic E-state index is 13.0. The molecule has 0 aliphatic carbocycles. The average Bonchev–Trinajstić information content (AvgIpc) is 2.51. The Balaban J connectivity index is 1.90. The third-order valence-electron chi connectivity index (χ3n) is 4.38. The Morgan fingerprint density at radius 1 is 1.23 bits per heavy atom. The van der Waals surface area contributed by atoms with Crippen LogP contribution in [0.3, 0.4) is 0 Å². The van der Waals surface area contributed by atoms with Gasteiger partial charge in [-0.2, -0.15) is 13.2 Å². The molecule has 0 amide bonds. The van der Waals surface area contributed by atoms with Crippen molar-refractivity contribution in [3.63, 3.8) is 0 Å². The van der Waals surface area contributed by atoms with Gasteiger partial charge in [0.15, 0.2) is 0 Å². The van der Waals surface area contributed by atoms with Gasteiger partial charge in [-0.25, -0.2) is 0 Å². The Morgan fingerprint density at radius 3 is 2.73 bits per heavy atom. The first-order valence-electron chi connectivity index (χ1n) is 7.99. The normalized spacial score (nSPS) is 20.3. The standard InChI is InChI=1S/C17H24F3NO/c18-17(19,20)16-7-2-1-6-15(16)9-8-14-5-3-10-21(13-14)11-4-12-22/h1-2,6-7,14,22H,3-5,8-13H2/t14-/m1/s1. The highest BCUT2D eigenvalue weighted by Gasteiger charge is 2.33.